The van der Waals surface area contributed by atoms with E-state index < -0.39 is 23.9 Å². The molecule has 0 saturated heterocycles. The predicted molar refractivity (Wildman–Crippen MR) is 59.5 cm³/mol. The number of hydrogen-bond acceptors (Lipinski definition) is 0. The van der Waals surface area contributed by atoms with Crippen LogP contribution in [-0.4, -0.2) is 0 Å². The van der Waals surface area contributed by atoms with Crippen molar-refractivity contribution in [3.05, 3.63) is 58.7 Å². The average Bonchev–Trinajstić information content (AvgIpc) is 2.38. The first-order chi connectivity index (χ1) is 8.84. The first-order valence-electron chi connectivity index (χ1n) is 6.37. The predicted octanol–water partition coefficient (Wildman–Crippen LogP) is 4.26. The van der Waals surface area contributed by atoms with Crippen LogP contribution in [0.5, 0.6) is 0 Å². The van der Waals surface area contributed by atoms with Crippen LogP contribution < -0.4 is 0 Å². The molecule has 0 N–H and O–H groups in total. The van der Waals surface area contributed by atoms with Crippen LogP contribution in [-0.2, 0) is 0 Å². The first kappa shape index (κ1) is 5.08. The molecule has 70 valence electrons. The molecule has 0 saturated carbocycles. The standard InChI is InChI=1S/C12H8BrF/c13-11-8-10(6-7-12(11)14)9-4-2-1-3-5-9/h1-8H/i1D,2D,3D,4D,5D. The van der Waals surface area contributed by atoms with Crippen LogP contribution in [0.2, 0.25) is 0 Å². The van der Waals surface area contributed by atoms with Crippen LogP contribution in [0.3, 0.4) is 0 Å². The molecule has 0 aliphatic carbocycles. The minimum absolute atomic E-state index is 0.0618. The summed E-state index contributed by atoms with van der Waals surface area (Å²) < 4.78 is 51.7. The number of rotatable bonds is 1. The Kier molecular flexibility index (Phi) is 1.42. The molecule has 0 aliphatic rings. The van der Waals surface area contributed by atoms with E-state index in [1.807, 2.05) is 0 Å². The van der Waals surface area contributed by atoms with Crippen molar-refractivity contribution >= 4 is 15.9 Å². The quantitative estimate of drug-likeness (QED) is 0.715. The summed E-state index contributed by atoms with van der Waals surface area (Å²) in [6.45, 7) is 0. The highest BCUT2D eigenvalue weighted by Gasteiger charge is 2.01. The van der Waals surface area contributed by atoms with Gasteiger partial charge < -0.3 is 0 Å². The van der Waals surface area contributed by atoms with Gasteiger partial charge in [-0.1, -0.05) is 36.3 Å². The molecule has 0 spiro atoms. The molecule has 2 aromatic carbocycles. The summed E-state index contributed by atoms with van der Waals surface area (Å²) in [5.74, 6) is -0.476. The lowest BCUT2D eigenvalue weighted by atomic mass is 10.1. The summed E-state index contributed by atoms with van der Waals surface area (Å²) in [6.07, 6.45) is 0. The van der Waals surface area contributed by atoms with E-state index in [4.69, 9.17) is 6.85 Å². The first-order valence-corrected chi connectivity index (χ1v) is 4.66. The summed E-state index contributed by atoms with van der Waals surface area (Å²) >= 11 is 3.02. The Morgan fingerprint density at radius 3 is 2.43 bits per heavy atom. The van der Waals surface area contributed by atoms with E-state index in [1.165, 1.54) is 18.2 Å². The molecule has 0 aromatic heterocycles. The van der Waals surface area contributed by atoms with Gasteiger partial charge in [0.2, 0.25) is 0 Å². The third-order valence-electron chi connectivity index (χ3n) is 1.71. The van der Waals surface area contributed by atoms with Gasteiger partial charge in [0.15, 0.2) is 0 Å². The Balaban J connectivity index is 2.79. The normalized spacial score (nSPS) is 15.1. The maximum atomic E-state index is 13.2. The van der Waals surface area contributed by atoms with Gasteiger partial charge in [-0.05, 0) is 39.2 Å². The highest BCUT2D eigenvalue weighted by molar-refractivity contribution is 9.10. The van der Waals surface area contributed by atoms with Crippen molar-refractivity contribution in [2.45, 2.75) is 0 Å². The monoisotopic (exact) mass is 255 g/mol. The van der Waals surface area contributed by atoms with Crippen molar-refractivity contribution < 1.29 is 11.2 Å². The second kappa shape index (κ2) is 3.93. The van der Waals surface area contributed by atoms with Gasteiger partial charge in [0, 0.05) is 0 Å². The SMILES string of the molecule is [2H]c1c([2H])c([2H])c(-c2ccc(F)c(Br)c2)c([2H])c1[2H]. The number of benzene rings is 2. The highest BCUT2D eigenvalue weighted by Crippen LogP contribution is 2.24. The van der Waals surface area contributed by atoms with E-state index in [2.05, 4.69) is 15.9 Å². The molecule has 2 aromatic rings. The third kappa shape index (κ3) is 1.85. The maximum Gasteiger partial charge on any atom is 0.137 e. The lowest BCUT2D eigenvalue weighted by Gasteiger charge is -2.02. The Labute approximate surface area is 97.5 Å². The van der Waals surface area contributed by atoms with Gasteiger partial charge in [-0.2, -0.15) is 0 Å². The second-order valence-corrected chi connectivity index (χ2v) is 3.48. The molecule has 0 fully saturated rings. The summed E-state index contributed by atoms with van der Waals surface area (Å²) in [4.78, 5) is 0. The average molecular weight is 256 g/mol. The zero-order chi connectivity index (χ0) is 14.3. The Morgan fingerprint density at radius 2 is 1.79 bits per heavy atom. The molecule has 0 unspecified atom stereocenters. The second-order valence-electron chi connectivity index (χ2n) is 2.63. The minimum Gasteiger partial charge on any atom is -0.206 e. The minimum atomic E-state index is -0.476. The summed E-state index contributed by atoms with van der Waals surface area (Å²) in [7, 11) is 0. The Morgan fingerprint density at radius 1 is 1.07 bits per heavy atom. The summed E-state index contributed by atoms with van der Waals surface area (Å²) in [5, 5.41) is 0. The van der Waals surface area contributed by atoms with Crippen molar-refractivity contribution in [1.29, 1.82) is 0 Å². The largest absolute Gasteiger partial charge is 0.206 e. The Bertz CT molecular complexity index is 643. The molecule has 2 rings (SSSR count). The lowest BCUT2D eigenvalue weighted by molar-refractivity contribution is 0.621. The van der Waals surface area contributed by atoms with E-state index in [1.54, 1.807) is 0 Å². The fourth-order valence-electron chi connectivity index (χ4n) is 1.05. The molecule has 0 atom stereocenters. The topological polar surface area (TPSA) is 0 Å². The van der Waals surface area contributed by atoms with Crippen LogP contribution >= 0.6 is 15.9 Å². The molecular weight excluding hydrogens is 243 g/mol. The zero-order valence-electron chi connectivity index (χ0n) is 12.0. The van der Waals surface area contributed by atoms with E-state index >= 15 is 0 Å². The van der Waals surface area contributed by atoms with Crippen molar-refractivity contribution in [3.8, 4) is 11.1 Å². The van der Waals surface area contributed by atoms with Crippen LogP contribution in [0.1, 0.15) is 6.85 Å². The van der Waals surface area contributed by atoms with E-state index in [-0.39, 0.29) is 22.1 Å². The molecule has 0 heterocycles. The third-order valence-corrected chi connectivity index (χ3v) is 2.32. The zero-order valence-corrected chi connectivity index (χ0v) is 8.57. The van der Waals surface area contributed by atoms with E-state index in [9.17, 15) is 4.39 Å². The van der Waals surface area contributed by atoms with Crippen LogP contribution in [0.25, 0.3) is 11.1 Å². The van der Waals surface area contributed by atoms with Gasteiger partial charge >= 0.3 is 0 Å². The van der Waals surface area contributed by atoms with Gasteiger partial charge in [-0.15, -0.1) is 0 Å². The molecule has 0 nitrogen and oxygen atoms in total. The Hall–Kier alpha value is -1.15. The van der Waals surface area contributed by atoms with Gasteiger partial charge in [-0.25, -0.2) is 4.39 Å². The number of hydrogen-bond donors (Lipinski definition) is 0. The van der Waals surface area contributed by atoms with Gasteiger partial charge in [0.25, 0.3) is 0 Å². The van der Waals surface area contributed by atoms with Gasteiger partial charge in [0.1, 0.15) is 5.82 Å². The summed E-state index contributed by atoms with van der Waals surface area (Å²) in [6, 6.07) is 2.10. The van der Waals surface area contributed by atoms with Crippen LogP contribution in [0.15, 0.2) is 52.9 Å². The van der Waals surface area contributed by atoms with Crippen LogP contribution in [0.4, 0.5) is 4.39 Å². The molecule has 14 heavy (non-hydrogen) atoms. The molecule has 0 aliphatic heterocycles. The van der Waals surface area contributed by atoms with Crippen molar-refractivity contribution in [2.75, 3.05) is 0 Å². The van der Waals surface area contributed by atoms with Gasteiger partial charge in [-0.3, -0.25) is 0 Å². The maximum absolute atomic E-state index is 13.2. The van der Waals surface area contributed by atoms with Crippen molar-refractivity contribution in [2.24, 2.45) is 0 Å². The molecule has 0 bridgehead atoms. The molecule has 0 amide bonds. The lowest BCUT2D eigenvalue weighted by Crippen LogP contribution is -1.80. The molecule has 2 heteroatoms. The summed E-state index contributed by atoms with van der Waals surface area (Å²) in [5.41, 5.74) is 0.428. The fourth-order valence-corrected chi connectivity index (χ4v) is 1.42. The van der Waals surface area contributed by atoms with E-state index in [0.717, 1.165) is 0 Å². The van der Waals surface area contributed by atoms with Crippen molar-refractivity contribution in [3.63, 3.8) is 0 Å². The molecular formula is C12H8BrF. The van der Waals surface area contributed by atoms with Gasteiger partial charge in [0.05, 0.1) is 11.3 Å². The highest BCUT2D eigenvalue weighted by atomic mass is 79.9. The van der Waals surface area contributed by atoms with E-state index in [0.29, 0.717) is 5.56 Å². The smallest absolute Gasteiger partial charge is 0.137 e. The van der Waals surface area contributed by atoms with Crippen molar-refractivity contribution in [1.82, 2.24) is 0 Å². The fraction of sp³-hybridized carbons (Fsp3) is 0. The van der Waals surface area contributed by atoms with Crippen LogP contribution in [0, 0.1) is 5.82 Å². The number of halogens is 2. The molecule has 0 radical (unpaired) electrons.